The summed E-state index contributed by atoms with van der Waals surface area (Å²) in [7, 11) is 0. The molecule has 0 saturated carbocycles. The van der Waals surface area contributed by atoms with E-state index in [1.165, 1.54) is 0 Å². The molecule has 1 aromatic rings. The van der Waals surface area contributed by atoms with Crippen LogP contribution in [0.15, 0.2) is 0 Å². The van der Waals surface area contributed by atoms with Gasteiger partial charge in [0.1, 0.15) is 0 Å². The second-order valence-corrected chi connectivity index (χ2v) is 3.79. The standard InChI is InChI=1S/C10H17N5O2/c1-2-17-10-14-8(11)13-9(15-10)12-7-4-3-5-16-6-7/h7H,2-6H2,1H3,(H3,11,12,13,14,15). The van der Waals surface area contributed by atoms with E-state index in [-0.39, 0.29) is 18.0 Å². The minimum absolute atomic E-state index is 0.155. The topological polar surface area (TPSA) is 95.2 Å². The van der Waals surface area contributed by atoms with Gasteiger partial charge < -0.3 is 20.5 Å². The number of hydrogen-bond acceptors (Lipinski definition) is 7. The van der Waals surface area contributed by atoms with Gasteiger partial charge in [0.2, 0.25) is 11.9 Å². The minimum Gasteiger partial charge on any atom is -0.464 e. The normalized spacial score (nSPS) is 19.9. The number of anilines is 2. The van der Waals surface area contributed by atoms with Crippen LogP contribution in [-0.2, 0) is 4.74 Å². The quantitative estimate of drug-likeness (QED) is 0.787. The van der Waals surface area contributed by atoms with Crippen molar-refractivity contribution in [1.82, 2.24) is 15.0 Å². The number of nitrogens with zero attached hydrogens (tertiary/aromatic N) is 3. The molecule has 1 unspecified atom stereocenters. The highest BCUT2D eigenvalue weighted by atomic mass is 16.5. The van der Waals surface area contributed by atoms with Gasteiger partial charge >= 0.3 is 6.01 Å². The third-order valence-electron chi connectivity index (χ3n) is 2.40. The Morgan fingerprint density at radius 2 is 2.35 bits per heavy atom. The first-order valence-electron chi connectivity index (χ1n) is 5.76. The van der Waals surface area contributed by atoms with E-state index in [1.54, 1.807) is 0 Å². The van der Waals surface area contributed by atoms with Crippen LogP contribution in [0.25, 0.3) is 0 Å². The Hall–Kier alpha value is -1.63. The van der Waals surface area contributed by atoms with E-state index in [1.807, 2.05) is 6.92 Å². The fourth-order valence-corrected chi connectivity index (χ4v) is 1.67. The maximum atomic E-state index is 5.58. The van der Waals surface area contributed by atoms with Gasteiger partial charge in [-0.1, -0.05) is 0 Å². The molecule has 7 nitrogen and oxygen atoms in total. The van der Waals surface area contributed by atoms with Gasteiger partial charge in [-0.15, -0.1) is 0 Å². The molecular formula is C10H17N5O2. The first-order valence-corrected chi connectivity index (χ1v) is 5.76. The number of hydrogen-bond donors (Lipinski definition) is 2. The summed E-state index contributed by atoms with van der Waals surface area (Å²) in [5, 5.41) is 3.17. The predicted octanol–water partition coefficient (Wildman–Crippen LogP) is 0.443. The molecule has 0 radical (unpaired) electrons. The maximum Gasteiger partial charge on any atom is 0.323 e. The first-order chi connectivity index (χ1) is 8.28. The minimum atomic E-state index is 0.155. The van der Waals surface area contributed by atoms with Crippen molar-refractivity contribution in [3.63, 3.8) is 0 Å². The van der Waals surface area contributed by atoms with E-state index in [9.17, 15) is 0 Å². The molecule has 0 amide bonds. The van der Waals surface area contributed by atoms with E-state index in [0.29, 0.717) is 19.2 Å². The van der Waals surface area contributed by atoms with Gasteiger partial charge in [-0.25, -0.2) is 0 Å². The van der Waals surface area contributed by atoms with Crippen LogP contribution in [0, 0.1) is 0 Å². The predicted molar refractivity (Wildman–Crippen MR) is 62.9 cm³/mol. The molecule has 1 aliphatic rings. The zero-order valence-electron chi connectivity index (χ0n) is 9.85. The van der Waals surface area contributed by atoms with E-state index in [2.05, 4.69) is 20.3 Å². The van der Waals surface area contributed by atoms with Gasteiger partial charge in [-0.2, -0.15) is 15.0 Å². The Morgan fingerprint density at radius 3 is 3.06 bits per heavy atom. The van der Waals surface area contributed by atoms with Gasteiger partial charge in [0.15, 0.2) is 0 Å². The molecule has 0 spiro atoms. The molecule has 1 atom stereocenters. The molecule has 1 saturated heterocycles. The average molecular weight is 239 g/mol. The fourth-order valence-electron chi connectivity index (χ4n) is 1.67. The Morgan fingerprint density at radius 1 is 1.47 bits per heavy atom. The van der Waals surface area contributed by atoms with Crippen LogP contribution in [0.3, 0.4) is 0 Å². The van der Waals surface area contributed by atoms with Crippen molar-refractivity contribution in [2.45, 2.75) is 25.8 Å². The maximum absolute atomic E-state index is 5.58. The number of nitrogens with two attached hydrogens (primary N) is 1. The van der Waals surface area contributed by atoms with Crippen LogP contribution in [0.4, 0.5) is 11.9 Å². The summed E-state index contributed by atoms with van der Waals surface area (Å²) in [5.74, 6) is 0.596. The number of nitrogens with one attached hydrogen (secondary N) is 1. The molecule has 2 rings (SSSR count). The smallest absolute Gasteiger partial charge is 0.323 e. The van der Waals surface area contributed by atoms with Crippen LogP contribution < -0.4 is 15.8 Å². The molecule has 1 fully saturated rings. The second kappa shape index (κ2) is 5.62. The van der Waals surface area contributed by atoms with Crippen molar-refractivity contribution in [2.24, 2.45) is 0 Å². The monoisotopic (exact) mass is 239 g/mol. The van der Waals surface area contributed by atoms with Crippen LogP contribution >= 0.6 is 0 Å². The van der Waals surface area contributed by atoms with E-state index >= 15 is 0 Å². The molecule has 7 heteroatoms. The number of nitrogen functional groups attached to an aromatic ring is 1. The highest BCUT2D eigenvalue weighted by molar-refractivity contribution is 5.33. The molecule has 3 N–H and O–H groups in total. The Balaban J connectivity index is 2.03. The highest BCUT2D eigenvalue weighted by Gasteiger charge is 2.15. The Kier molecular flexibility index (Phi) is 3.92. The van der Waals surface area contributed by atoms with Crippen LogP contribution in [0.5, 0.6) is 6.01 Å². The van der Waals surface area contributed by atoms with Crippen LogP contribution in [-0.4, -0.2) is 40.8 Å². The molecule has 17 heavy (non-hydrogen) atoms. The van der Waals surface area contributed by atoms with Gasteiger partial charge in [-0.3, -0.25) is 0 Å². The zero-order chi connectivity index (χ0) is 12.1. The first kappa shape index (κ1) is 11.8. The molecule has 1 aromatic heterocycles. The van der Waals surface area contributed by atoms with Crippen molar-refractivity contribution in [3.8, 4) is 6.01 Å². The highest BCUT2D eigenvalue weighted by Crippen LogP contribution is 2.13. The summed E-state index contributed by atoms with van der Waals surface area (Å²) in [4.78, 5) is 12.0. The molecule has 94 valence electrons. The Bertz CT molecular complexity index is 368. The molecule has 1 aliphatic heterocycles. The fraction of sp³-hybridized carbons (Fsp3) is 0.700. The number of rotatable bonds is 4. The average Bonchev–Trinajstić information content (AvgIpc) is 2.30. The number of ether oxygens (including phenoxy) is 2. The second-order valence-electron chi connectivity index (χ2n) is 3.79. The lowest BCUT2D eigenvalue weighted by molar-refractivity contribution is 0.0873. The van der Waals surface area contributed by atoms with Crippen LogP contribution in [0.1, 0.15) is 19.8 Å². The lowest BCUT2D eigenvalue weighted by atomic mass is 10.1. The summed E-state index contributed by atoms with van der Waals surface area (Å²) in [6.45, 7) is 3.84. The van der Waals surface area contributed by atoms with E-state index < -0.39 is 0 Å². The summed E-state index contributed by atoms with van der Waals surface area (Å²) in [6.07, 6.45) is 2.08. The molecule has 0 aromatic carbocycles. The molecule has 2 heterocycles. The van der Waals surface area contributed by atoms with Crippen molar-refractivity contribution in [1.29, 1.82) is 0 Å². The third-order valence-corrected chi connectivity index (χ3v) is 2.40. The lowest BCUT2D eigenvalue weighted by Gasteiger charge is -2.23. The lowest BCUT2D eigenvalue weighted by Crippen LogP contribution is -2.31. The van der Waals surface area contributed by atoms with Gasteiger partial charge in [-0.05, 0) is 19.8 Å². The van der Waals surface area contributed by atoms with Gasteiger partial charge in [0.25, 0.3) is 0 Å². The largest absolute Gasteiger partial charge is 0.464 e. The molecule has 0 bridgehead atoms. The van der Waals surface area contributed by atoms with Crippen molar-refractivity contribution in [3.05, 3.63) is 0 Å². The summed E-state index contributed by atoms with van der Waals surface area (Å²) < 4.78 is 10.6. The zero-order valence-corrected chi connectivity index (χ0v) is 9.85. The molecular weight excluding hydrogens is 222 g/mol. The van der Waals surface area contributed by atoms with Crippen molar-refractivity contribution >= 4 is 11.9 Å². The van der Waals surface area contributed by atoms with Gasteiger partial charge in [0, 0.05) is 6.61 Å². The molecule has 0 aliphatic carbocycles. The Labute approximate surface area is 99.8 Å². The van der Waals surface area contributed by atoms with Crippen molar-refractivity contribution < 1.29 is 9.47 Å². The summed E-state index contributed by atoms with van der Waals surface area (Å²) in [6, 6.07) is 0.472. The number of aromatic nitrogens is 3. The van der Waals surface area contributed by atoms with Crippen LogP contribution in [0.2, 0.25) is 0 Å². The summed E-state index contributed by atoms with van der Waals surface area (Å²) in [5.41, 5.74) is 5.58. The van der Waals surface area contributed by atoms with Gasteiger partial charge in [0.05, 0.1) is 19.3 Å². The SMILES string of the molecule is CCOc1nc(N)nc(NC2CCCOC2)n1. The third kappa shape index (κ3) is 3.42. The van der Waals surface area contributed by atoms with E-state index in [0.717, 1.165) is 19.4 Å². The van der Waals surface area contributed by atoms with E-state index in [4.69, 9.17) is 15.2 Å². The summed E-state index contributed by atoms with van der Waals surface area (Å²) >= 11 is 0. The van der Waals surface area contributed by atoms with Crippen molar-refractivity contribution in [2.75, 3.05) is 30.9 Å².